The summed E-state index contributed by atoms with van der Waals surface area (Å²) in [5.41, 5.74) is 0. The van der Waals surface area contributed by atoms with Gasteiger partial charge in [-0.3, -0.25) is 24.2 Å². The summed E-state index contributed by atoms with van der Waals surface area (Å²) < 4.78 is 0. The van der Waals surface area contributed by atoms with Crippen LogP contribution in [-0.4, -0.2) is 60.2 Å². The zero-order valence-corrected chi connectivity index (χ0v) is 11.2. The average molecular weight is 255 g/mol. The van der Waals surface area contributed by atoms with Gasteiger partial charge < -0.3 is 5.32 Å². The van der Waals surface area contributed by atoms with Crippen molar-refractivity contribution in [2.75, 3.05) is 26.7 Å². The van der Waals surface area contributed by atoms with Crippen molar-refractivity contribution < 1.29 is 14.4 Å². The van der Waals surface area contributed by atoms with Crippen LogP contribution in [0.4, 0.5) is 0 Å². The van der Waals surface area contributed by atoms with Crippen LogP contribution < -0.4 is 5.32 Å². The van der Waals surface area contributed by atoms with E-state index in [-0.39, 0.29) is 30.3 Å². The molecule has 0 bridgehead atoms. The van der Waals surface area contributed by atoms with Gasteiger partial charge in [-0.2, -0.15) is 0 Å². The molecule has 6 heteroatoms. The second kappa shape index (κ2) is 6.49. The SMILES string of the molecule is CC(C)NC(=O)CN(C)CCN1C(=O)CCC1=O. The molecule has 0 aromatic carbocycles. The van der Waals surface area contributed by atoms with E-state index in [1.165, 1.54) is 4.90 Å². The van der Waals surface area contributed by atoms with Gasteiger partial charge in [-0.15, -0.1) is 0 Å². The number of rotatable bonds is 6. The molecule has 1 rings (SSSR count). The zero-order valence-electron chi connectivity index (χ0n) is 11.2. The normalized spacial score (nSPS) is 15.9. The van der Waals surface area contributed by atoms with Gasteiger partial charge in [0, 0.05) is 32.0 Å². The molecule has 1 aliphatic heterocycles. The monoisotopic (exact) mass is 255 g/mol. The maximum atomic E-state index is 11.5. The van der Waals surface area contributed by atoms with Crippen molar-refractivity contribution in [1.82, 2.24) is 15.1 Å². The van der Waals surface area contributed by atoms with Crippen LogP contribution in [0.2, 0.25) is 0 Å². The third-order valence-electron chi connectivity index (χ3n) is 2.72. The van der Waals surface area contributed by atoms with Crippen molar-refractivity contribution in [3.8, 4) is 0 Å². The van der Waals surface area contributed by atoms with Crippen LogP contribution in [0.1, 0.15) is 26.7 Å². The van der Waals surface area contributed by atoms with Crippen molar-refractivity contribution in [1.29, 1.82) is 0 Å². The maximum absolute atomic E-state index is 11.5. The minimum absolute atomic E-state index is 0.0495. The molecule has 1 N–H and O–H groups in total. The van der Waals surface area contributed by atoms with Gasteiger partial charge in [0.05, 0.1) is 6.54 Å². The van der Waals surface area contributed by atoms with Crippen molar-refractivity contribution in [3.63, 3.8) is 0 Å². The van der Waals surface area contributed by atoms with Crippen LogP contribution in [0, 0.1) is 0 Å². The molecular formula is C12H21N3O3. The summed E-state index contributed by atoms with van der Waals surface area (Å²) in [5.74, 6) is -0.272. The Labute approximate surface area is 107 Å². The van der Waals surface area contributed by atoms with Gasteiger partial charge in [0.25, 0.3) is 0 Å². The van der Waals surface area contributed by atoms with E-state index in [0.29, 0.717) is 25.9 Å². The van der Waals surface area contributed by atoms with Crippen LogP contribution in [0.25, 0.3) is 0 Å². The van der Waals surface area contributed by atoms with Crippen LogP contribution in [0.3, 0.4) is 0 Å². The number of nitrogens with zero attached hydrogens (tertiary/aromatic N) is 2. The standard InChI is InChI=1S/C12H21N3O3/c1-9(2)13-10(16)8-14(3)6-7-15-11(17)4-5-12(15)18/h9H,4-8H2,1-3H3,(H,13,16). The first-order valence-electron chi connectivity index (χ1n) is 6.21. The quantitative estimate of drug-likeness (QED) is 0.655. The Balaban J connectivity index is 2.28. The molecule has 0 aromatic rings. The van der Waals surface area contributed by atoms with E-state index in [4.69, 9.17) is 0 Å². The minimum Gasteiger partial charge on any atom is -0.353 e. The van der Waals surface area contributed by atoms with E-state index in [2.05, 4.69) is 5.32 Å². The van der Waals surface area contributed by atoms with E-state index in [0.717, 1.165) is 0 Å². The fourth-order valence-corrected chi connectivity index (χ4v) is 1.83. The molecule has 0 aliphatic carbocycles. The van der Waals surface area contributed by atoms with Crippen molar-refractivity contribution in [2.45, 2.75) is 32.7 Å². The second-order valence-electron chi connectivity index (χ2n) is 4.90. The summed E-state index contributed by atoms with van der Waals surface area (Å²) in [7, 11) is 1.80. The van der Waals surface area contributed by atoms with Gasteiger partial charge in [-0.1, -0.05) is 0 Å². The minimum atomic E-state index is -0.111. The molecule has 0 aromatic heterocycles. The Bertz CT molecular complexity index is 325. The molecule has 0 saturated carbocycles. The highest BCUT2D eigenvalue weighted by molar-refractivity contribution is 6.01. The van der Waals surface area contributed by atoms with Crippen LogP contribution in [-0.2, 0) is 14.4 Å². The van der Waals surface area contributed by atoms with Gasteiger partial charge in [-0.05, 0) is 20.9 Å². The predicted molar refractivity (Wildman–Crippen MR) is 66.7 cm³/mol. The number of nitrogens with one attached hydrogen (secondary N) is 1. The second-order valence-corrected chi connectivity index (χ2v) is 4.90. The molecule has 6 nitrogen and oxygen atoms in total. The van der Waals surface area contributed by atoms with E-state index in [9.17, 15) is 14.4 Å². The third-order valence-corrected chi connectivity index (χ3v) is 2.72. The molecule has 3 amide bonds. The lowest BCUT2D eigenvalue weighted by Gasteiger charge is -2.20. The van der Waals surface area contributed by atoms with E-state index >= 15 is 0 Å². The summed E-state index contributed by atoms with van der Waals surface area (Å²) in [4.78, 5) is 37.3. The summed E-state index contributed by atoms with van der Waals surface area (Å²) in [5, 5.41) is 2.79. The Morgan fingerprint density at radius 3 is 2.39 bits per heavy atom. The molecule has 0 spiro atoms. The first kappa shape index (κ1) is 14.6. The van der Waals surface area contributed by atoms with Crippen molar-refractivity contribution in [2.24, 2.45) is 0 Å². The van der Waals surface area contributed by atoms with Crippen molar-refractivity contribution >= 4 is 17.7 Å². The number of likely N-dealkylation sites (tertiary alicyclic amines) is 1. The topological polar surface area (TPSA) is 69.7 Å². The molecule has 0 radical (unpaired) electrons. The largest absolute Gasteiger partial charge is 0.353 e. The summed E-state index contributed by atoms with van der Waals surface area (Å²) in [6.45, 7) is 4.96. The molecule has 0 atom stereocenters. The number of imide groups is 1. The lowest BCUT2D eigenvalue weighted by Crippen LogP contribution is -2.42. The molecule has 1 heterocycles. The van der Waals surface area contributed by atoms with Crippen LogP contribution >= 0.6 is 0 Å². The molecule has 18 heavy (non-hydrogen) atoms. The fourth-order valence-electron chi connectivity index (χ4n) is 1.83. The van der Waals surface area contributed by atoms with Gasteiger partial charge in [-0.25, -0.2) is 0 Å². The van der Waals surface area contributed by atoms with E-state index < -0.39 is 0 Å². The number of amides is 3. The summed E-state index contributed by atoms with van der Waals surface area (Å²) >= 11 is 0. The first-order chi connectivity index (χ1) is 8.40. The molecule has 1 fully saturated rings. The smallest absolute Gasteiger partial charge is 0.234 e. The molecule has 0 unspecified atom stereocenters. The number of carbonyl (C=O) groups excluding carboxylic acids is 3. The highest BCUT2D eigenvalue weighted by Crippen LogP contribution is 2.10. The third kappa shape index (κ3) is 4.44. The molecule has 1 saturated heterocycles. The van der Waals surface area contributed by atoms with E-state index in [1.807, 2.05) is 13.8 Å². The molecule has 102 valence electrons. The fraction of sp³-hybridized carbons (Fsp3) is 0.750. The summed E-state index contributed by atoms with van der Waals surface area (Å²) in [6.07, 6.45) is 0.632. The number of carbonyl (C=O) groups is 3. The Morgan fingerprint density at radius 2 is 1.89 bits per heavy atom. The van der Waals surface area contributed by atoms with Crippen molar-refractivity contribution in [3.05, 3.63) is 0 Å². The predicted octanol–water partition coefficient (Wildman–Crippen LogP) is -0.408. The van der Waals surface area contributed by atoms with Gasteiger partial charge in [0.2, 0.25) is 17.7 Å². The molecule has 1 aliphatic rings. The van der Waals surface area contributed by atoms with Gasteiger partial charge in [0.1, 0.15) is 0 Å². The Morgan fingerprint density at radius 1 is 1.33 bits per heavy atom. The van der Waals surface area contributed by atoms with E-state index in [1.54, 1.807) is 11.9 Å². The lowest BCUT2D eigenvalue weighted by molar-refractivity contribution is -0.138. The van der Waals surface area contributed by atoms with Crippen LogP contribution in [0.15, 0.2) is 0 Å². The number of hydrogen-bond acceptors (Lipinski definition) is 4. The zero-order chi connectivity index (χ0) is 13.7. The lowest BCUT2D eigenvalue weighted by atomic mass is 10.3. The number of hydrogen-bond donors (Lipinski definition) is 1. The molecular weight excluding hydrogens is 234 g/mol. The number of likely N-dealkylation sites (N-methyl/N-ethyl adjacent to an activating group) is 1. The average Bonchev–Trinajstić information content (AvgIpc) is 2.54. The Kier molecular flexibility index (Phi) is 5.27. The highest BCUT2D eigenvalue weighted by Gasteiger charge is 2.28. The summed E-state index contributed by atoms with van der Waals surface area (Å²) in [6, 6.07) is 0.118. The maximum Gasteiger partial charge on any atom is 0.234 e. The van der Waals surface area contributed by atoms with Gasteiger partial charge in [0.15, 0.2) is 0 Å². The first-order valence-corrected chi connectivity index (χ1v) is 6.21. The Hall–Kier alpha value is -1.43. The van der Waals surface area contributed by atoms with Gasteiger partial charge >= 0.3 is 0 Å². The van der Waals surface area contributed by atoms with Crippen LogP contribution in [0.5, 0.6) is 0 Å². The highest BCUT2D eigenvalue weighted by atomic mass is 16.2.